The maximum Gasteiger partial charge on any atom is 0.169 e. The molecule has 16 heavy (non-hydrogen) atoms. The second-order valence-corrected chi connectivity index (χ2v) is 4.79. The molecule has 2 unspecified atom stereocenters. The average molecular weight is 228 g/mol. The molecule has 0 aromatic rings. The van der Waals surface area contributed by atoms with Gasteiger partial charge in [-0.15, -0.1) is 0 Å². The van der Waals surface area contributed by atoms with Crippen molar-refractivity contribution in [2.24, 2.45) is 11.8 Å². The van der Waals surface area contributed by atoms with E-state index in [-0.39, 0.29) is 18.4 Å². The normalized spacial score (nSPS) is 23.0. The molecule has 0 aliphatic carbocycles. The van der Waals surface area contributed by atoms with Crippen LogP contribution in [0.3, 0.4) is 0 Å². The summed E-state index contributed by atoms with van der Waals surface area (Å²) in [4.78, 5) is 0. The first-order valence-electron chi connectivity index (χ1n) is 6.09. The van der Waals surface area contributed by atoms with Gasteiger partial charge in [0.15, 0.2) is 5.79 Å². The monoisotopic (exact) mass is 228 g/mol. The number of aliphatic hydroxyl groups is 1. The zero-order valence-electron chi connectivity index (χ0n) is 10.7. The zero-order valence-corrected chi connectivity index (χ0v) is 10.7. The van der Waals surface area contributed by atoms with Crippen LogP contribution in [0.15, 0.2) is 12.2 Å². The van der Waals surface area contributed by atoms with Crippen molar-refractivity contribution >= 4 is 0 Å². The molecule has 0 aromatic heterocycles. The second-order valence-electron chi connectivity index (χ2n) is 4.79. The molecule has 0 radical (unpaired) electrons. The van der Waals surface area contributed by atoms with Gasteiger partial charge >= 0.3 is 0 Å². The molecule has 0 bridgehead atoms. The van der Waals surface area contributed by atoms with Gasteiger partial charge in [0, 0.05) is 12.5 Å². The topological polar surface area (TPSA) is 38.7 Å². The van der Waals surface area contributed by atoms with Gasteiger partial charge in [-0.25, -0.2) is 0 Å². The standard InChI is InChI=1S/C13H24O3/c1-5-10(2)8-12(11(3)9-14)13(4)15-6-7-16-13/h11-12,14H,2,5-9H2,1,3-4H3. The van der Waals surface area contributed by atoms with Gasteiger partial charge in [-0.3, -0.25) is 0 Å². The molecule has 2 atom stereocenters. The molecular formula is C13H24O3. The molecule has 1 rings (SSSR count). The van der Waals surface area contributed by atoms with Crippen LogP contribution in [0, 0.1) is 11.8 Å². The first-order valence-corrected chi connectivity index (χ1v) is 6.09. The SMILES string of the molecule is C=C(CC)CC(C(C)CO)C1(C)OCCO1. The molecule has 1 N–H and O–H groups in total. The highest BCUT2D eigenvalue weighted by molar-refractivity contribution is 4.98. The smallest absolute Gasteiger partial charge is 0.169 e. The third-order valence-electron chi connectivity index (χ3n) is 3.52. The van der Waals surface area contributed by atoms with E-state index < -0.39 is 5.79 Å². The molecule has 1 aliphatic rings. The number of aliphatic hydroxyl groups excluding tert-OH is 1. The second kappa shape index (κ2) is 5.80. The van der Waals surface area contributed by atoms with Gasteiger partial charge in [0.1, 0.15) is 0 Å². The predicted octanol–water partition coefficient (Wildman–Crippen LogP) is 2.35. The summed E-state index contributed by atoms with van der Waals surface area (Å²) >= 11 is 0. The highest BCUT2D eigenvalue weighted by atomic mass is 16.7. The lowest BCUT2D eigenvalue weighted by atomic mass is 9.82. The largest absolute Gasteiger partial charge is 0.396 e. The van der Waals surface area contributed by atoms with E-state index in [0.29, 0.717) is 13.2 Å². The lowest BCUT2D eigenvalue weighted by Crippen LogP contribution is -2.41. The lowest BCUT2D eigenvalue weighted by molar-refractivity contribution is -0.195. The minimum absolute atomic E-state index is 0.157. The molecule has 1 heterocycles. The number of rotatable bonds is 6. The molecule has 0 aromatic carbocycles. The summed E-state index contributed by atoms with van der Waals surface area (Å²) in [5, 5.41) is 9.32. The fourth-order valence-electron chi connectivity index (χ4n) is 2.23. The van der Waals surface area contributed by atoms with Crippen molar-refractivity contribution in [2.75, 3.05) is 19.8 Å². The van der Waals surface area contributed by atoms with E-state index in [4.69, 9.17) is 9.47 Å². The van der Waals surface area contributed by atoms with E-state index in [2.05, 4.69) is 13.5 Å². The van der Waals surface area contributed by atoms with Crippen LogP contribution in [0.5, 0.6) is 0 Å². The Balaban J connectivity index is 2.73. The van der Waals surface area contributed by atoms with Crippen LogP contribution < -0.4 is 0 Å². The van der Waals surface area contributed by atoms with Crippen molar-refractivity contribution in [3.05, 3.63) is 12.2 Å². The maximum absolute atomic E-state index is 9.32. The van der Waals surface area contributed by atoms with Crippen LogP contribution in [0.2, 0.25) is 0 Å². The summed E-state index contributed by atoms with van der Waals surface area (Å²) in [7, 11) is 0. The average Bonchev–Trinajstić information content (AvgIpc) is 2.72. The molecular weight excluding hydrogens is 204 g/mol. The van der Waals surface area contributed by atoms with Crippen LogP contribution in [0.25, 0.3) is 0 Å². The van der Waals surface area contributed by atoms with E-state index in [1.807, 2.05) is 13.8 Å². The number of allylic oxidation sites excluding steroid dienone is 1. The minimum Gasteiger partial charge on any atom is -0.396 e. The van der Waals surface area contributed by atoms with E-state index in [1.54, 1.807) is 0 Å². The lowest BCUT2D eigenvalue weighted by Gasteiger charge is -2.36. The van der Waals surface area contributed by atoms with E-state index in [9.17, 15) is 5.11 Å². The Morgan fingerprint density at radius 2 is 2.00 bits per heavy atom. The first kappa shape index (κ1) is 13.7. The first-order chi connectivity index (χ1) is 7.53. The molecule has 94 valence electrons. The van der Waals surface area contributed by atoms with Gasteiger partial charge in [-0.05, 0) is 25.7 Å². The molecule has 0 saturated carbocycles. The maximum atomic E-state index is 9.32. The Morgan fingerprint density at radius 1 is 1.44 bits per heavy atom. The van der Waals surface area contributed by atoms with E-state index >= 15 is 0 Å². The van der Waals surface area contributed by atoms with Crippen LogP contribution in [-0.4, -0.2) is 30.7 Å². The van der Waals surface area contributed by atoms with Gasteiger partial charge in [0.25, 0.3) is 0 Å². The van der Waals surface area contributed by atoms with Gasteiger partial charge in [0.2, 0.25) is 0 Å². The van der Waals surface area contributed by atoms with E-state index in [1.165, 1.54) is 5.57 Å². The van der Waals surface area contributed by atoms with Crippen molar-refractivity contribution in [1.82, 2.24) is 0 Å². The van der Waals surface area contributed by atoms with E-state index in [0.717, 1.165) is 12.8 Å². The Hall–Kier alpha value is -0.380. The highest BCUT2D eigenvalue weighted by Crippen LogP contribution is 2.37. The summed E-state index contributed by atoms with van der Waals surface area (Å²) in [5.41, 5.74) is 1.19. The molecule has 0 spiro atoms. The Kier molecular flexibility index (Phi) is 4.96. The molecule has 1 fully saturated rings. The summed E-state index contributed by atoms with van der Waals surface area (Å²) in [6.07, 6.45) is 1.82. The highest BCUT2D eigenvalue weighted by Gasteiger charge is 2.42. The quantitative estimate of drug-likeness (QED) is 0.709. The Labute approximate surface area is 98.4 Å². The van der Waals surface area contributed by atoms with Crippen molar-refractivity contribution in [3.8, 4) is 0 Å². The zero-order chi connectivity index (χ0) is 12.2. The van der Waals surface area contributed by atoms with Crippen molar-refractivity contribution in [3.63, 3.8) is 0 Å². The van der Waals surface area contributed by atoms with Crippen LogP contribution in [-0.2, 0) is 9.47 Å². The van der Waals surface area contributed by atoms with Crippen molar-refractivity contribution in [1.29, 1.82) is 0 Å². The molecule has 3 heteroatoms. The Morgan fingerprint density at radius 3 is 2.44 bits per heavy atom. The van der Waals surface area contributed by atoms with Gasteiger partial charge in [0.05, 0.1) is 13.2 Å². The fraction of sp³-hybridized carbons (Fsp3) is 0.846. The molecule has 0 amide bonds. The van der Waals surface area contributed by atoms with Crippen LogP contribution in [0.1, 0.15) is 33.6 Å². The van der Waals surface area contributed by atoms with Crippen molar-refractivity contribution < 1.29 is 14.6 Å². The minimum atomic E-state index is -0.555. The molecule has 1 aliphatic heterocycles. The summed E-state index contributed by atoms with van der Waals surface area (Å²) in [5.74, 6) is -0.223. The third-order valence-corrected chi connectivity index (χ3v) is 3.52. The number of hydrogen-bond donors (Lipinski definition) is 1. The number of ether oxygens (including phenoxy) is 2. The molecule has 3 nitrogen and oxygen atoms in total. The van der Waals surface area contributed by atoms with Gasteiger partial charge in [-0.1, -0.05) is 26.0 Å². The van der Waals surface area contributed by atoms with Crippen LogP contribution in [0.4, 0.5) is 0 Å². The van der Waals surface area contributed by atoms with Crippen molar-refractivity contribution in [2.45, 2.75) is 39.4 Å². The van der Waals surface area contributed by atoms with Crippen LogP contribution >= 0.6 is 0 Å². The molecule has 1 saturated heterocycles. The number of hydrogen-bond acceptors (Lipinski definition) is 3. The summed E-state index contributed by atoms with van der Waals surface area (Å²) in [6.45, 7) is 11.6. The summed E-state index contributed by atoms with van der Waals surface area (Å²) < 4.78 is 11.4. The third kappa shape index (κ3) is 3.06. The summed E-state index contributed by atoms with van der Waals surface area (Å²) in [6, 6.07) is 0. The Bertz CT molecular complexity index is 231. The fourth-order valence-corrected chi connectivity index (χ4v) is 2.23. The van der Waals surface area contributed by atoms with Gasteiger partial charge < -0.3 is 14.6 Å². The predicted molar refractivity (Wildman–Crippen MR) is 64.1 cm³/mol. The van der Waals surface area contributed by atoms with Gasteiger partial charge in [-0.2, -0.15) is 0 Å².